The minimum Gasteiger partial charge on any atom is -0.309 e. The second-order valence-electron chi connectivity index (χ2n) is 5.92. The van der Waals surface area contributed by atoms with Crippen LogP contribution in [-0.4, -0.2) is 11.6 Å². The molecule has 2 atom stereocenters. The Morgan fingerprint density at radius 2 is 1.93 bits per heavy atom. The lowest BCUT2D eigenvalue weighted by molar-refractivity contribution is 0.223. The molecule has 15 heavy (non-hydrogen) atoms. The highest BCUT2D eigenvalue weighted by Crippen LogP contribution is 2.28. The molecule has 1 rings (SSSR count). The Kier molecular flexibility index (Phi) is 5.11. The van der Waals surface area contributed by atoms with Crippen LogP contribution in [0.15, 0.2) is 0 Å². The van der Waals surface area contributed by atoms with Crippen molar-refractivity contribution in [2.24, 2.45) is 5.92 Å². The summed E-state index contributed by atoms with van der Waals surface area (Å²) in [5.41, 5.74) is 0.342. The van der Waals surface area contributed by atoms with Gasteiger partial charge in [-0.1, -0.05) is 39.5 Å². The largest absolute Gasteiger partial charge is 0.309 e. The Bertz CT molecular complexity index is 174. The quantitative estimate of drug-likeness (QED) is 0.721. The Balaban J connectivity index is 2.36. The monoisotopic (exact) mass is 211 g/mol. The normalized spacial score (nSPS) is 28.0. The van der Waals surface area contributed by atoms with E-state index in [9.17, 15) is 0 Å². The summed E-state index contributed by atoms with van der Waals surface area (Å²) in [6, 6.07) is 0.783. The number of nitrogens with one attached hydrogen (secondary N) is 1. The Hall–Kier alpha value is -0.0400. The van der Waals surface area contributed by atoms with E-state index in [0.717, 1.165) is 12.0 Å². The predicted molar refractivity (Wildman–Crippen MR) is 68.2 cm³/mol. The van der Waals surface area contributed by atoms with Gasteiger partial charge in [0.25, 0.3) is 0 Å². The van der Waals surface area contributed by atoms with Gasteiger partial charge in [-0.05, 0) is 39.0 Å². The van der Waals surface area contributed by atoms with Crippen LogP contribution in [0.5, 0.6) is 0 Å². The molecule has 0 spiro atoms. The zero-order valence-electron chi connectivity index (χ0n) is 11.1. The third kappa shape index (κ3) is 4.55. The van der Waals surface area contributed by atoms with E-state index in [4.69, 9.17) is 0 Å². The van der Waals surface area contributed by atoms with Crippen LogP contribution in [0, 0.1) is 5.92 Å². The molecule has 1 aliphatic rings. The van der Waals surface area contributed by atoms with Crippen LogP contribution in [0.4, 0.5) is 0 Å². The summed E-state index contributed by atoms with van der Waals surface area (Å²) in [6.07, 6.45) is 9.63. The van der Waals surface area contributed by atoms with Crippen molar-refractivity contribution in [3.8, 4) is 0 Å². The van der Waals surface area contributed by atoms with Gasteiger partial charge >= 0.3 is 0 Å². The number of rotatable bonds is 5. The summed E-state index contributed by atoms with van der Waals surface area (Å²) >= 11 is 0. The molecule has 0 saturated heterocycles. The van der Waals surface area contributed by atoms with Gasteiger partial charge in [-0.2, -0.15) is 0 Å². The van der Waals surface area contributed by atoms with Crippen molar-refractivity contribution in [1.82, 2.24) is 5.32 Å². The minimum atomic E-state index is 0.342. The maximum atomic E-state index is 3.86. The zero-order chi connectivity index (χ0) is 11.3. The average molecular weight is 211 g/mol. The molecule has 1 fully saturated rings. The van der Waals surface area contributed by atoms with E-state index >= 15 is 0 Å². The zero-order valence-corrected chi connectivity index (χ0v) is 11.1. The van der Waals surface area contributed by atoms with Crippen LogP contribution in [0.3, 0.4) is 0 Å². The predicted octanol–water partition coefficient (Wildman–Crippen LogP) is 4.12. The van der Waals surface area contributed by atoms with Gasteiger partial charge in [0.15, 0.2) is 0 Å². The van der Waals surface area contributed by atoms with Crippen molar-refractivity contribution in [2.75, 3.05) is 0 Å². The molecule has 0 aromatic heterocycles. The standard InChI is InChI=1S/C14H29N/c1-5-10-14(3,4)15-13-9-7-8-12(6-2)11-13/h12-13,15H,5-11H2,1-4H3. The molecule has 0 bridgehead atoms. The van der Waals surface area contributed by atoms with Gasteiger partial charge < -0.3 is 5.32 Å². The molecule has 1 aliphatic carbocycles. The van der Waals surface area contributed by atoms with E-state index in [1.165, 1.54) is 44.9 Å². The fourth-order valence-corrected chi connectivity index (χ4v) is 3.04. The van der Waals surface area contributed by atoms with Crippen LogP contribution in [-0.2, 0) is 0 Å². The third-order valence-corrected chi connectivity index (χ3v) is 3.83. The molecule has 0 aromatic carbocycles. The molecule has 1 saturated carbocycles. The first-order valence-corrected chi connectivity index (χ1v) is 6.85. The van der Waals surface area contributed by atoms with Gasteiger partial charge in [-0.25, -0.2) is 0 Å². The summed E-state index contributed by atoms with van der Waals surface area (Å²) in [5, 5.41) is 3.86. The average Bonchev–Trinajstić information content (AvgIpc) is 2.17. The van der Waals surface area contributed by atoms with Crippen LogP contribution in [0.2, 0.25) is 0 Å². The minimum absolute atomic E-state index is 0.342. The van der Waals surface area contributed by atoms with E-state index < -0.39 is 0 Å². The van der Waals surface area contributed by atoms with Crippen LogP contribution in [0.25, 0.3) is 0 Å². The molecule has 0 aromatic rings. The highest BCUT2D eigenvalue weighted by atomic mass is 15.0. The molecule has 1 N–H and O–H groups in total. The van der Waals surface area contributed by atoms with Crippen molar-refractivity contribution < 1.29 is 0 Å². The fraction of sp³-hybridized carbons (Fsp3) is 1.00. The van der Waals surface area contributed by atoms with Gasteiger partial charge in [0.1, 0.15) is 0 Å². The van der Waals surface area contributed by atoms with Crippen molar-refractivity contribution in [3.63, 3.8) is 0 Å². The molecule has 90 valence electrons. The van der Waals surface area contributed by atoms with Crippen LogP contribution in [0.1, 0.15) is 72.6 Å². The first-order chi connectivity index (χ1) is 7.07. The maximum Gasteiger partial charge on any atom is 0.0127 e. The molecule has 0 amide bonds. The lowest BCUT2D eigenvalue weighted by Crippen LogP contribution is -2.47. The molecule has 0 aliphatic heterocycles. The lowest BCUT2D eigenvalue weighted by atomic mass is 9.83. The molecular weight excluding hydrogens is 182 g/mol. The van der Waals surface area contributed by atoms with Gasteiger partial charge in [-0.15, -0.1) is 0 Å². The fourth-order valence-electron chi connectivity index (χ4n) is 3.04. The summed E-state index contributed by atoms with van der Waals surface area (Å²) < 4.78 is 0. The summed E-state index contributed by atoms with van der Waals surface area (Å²) in [5.74, 6) is 0.980. The highest BCUT2D eigenvalue weighted by Gasteiger charge is 2.25. The van der Waals surface area contributed by atoms with Crippen molar-refractivity contribution in [1.29, 1.82) is 0 Å². The van der Waals surface area contributed by atoms with E-state index in [1.54, 1.807) is 0 Å². The molecule has 1 heteroatoms. The summed E-state index contributed by atoms with van der Waals surface area (Å²) in [6.45, 7) is 9.32. The smallest absolute Gasteiger partial charge is 0.0127 e. The second kappa shape index (κ2) is 5.89. The van der Waals surface area contributed by atoms with Crippen molar-refractivity contribution in [3.05, 3.63) is 0 Å². The Morgan fingerprint density at radius 3 is 2.53 bits per heavy atom. The van der Waals surface area contributed by atoms with Crippen LogP contribution < -0.4 is 5.32 Å². The lowest BCUT2D eigenvalue weighted by Gasteiger charge is -2.36. The third-order valence-electron chi connectivity index (χ3n) is 3.83. The van der Waals surface area contributed by atoms with Crippen molar-refractivity contribution >= 4 is 0 Å². The van der Waals surface area contributed by atoms with E-state index in [-0.39, 0.29) is 0 Å². The van der Waals surface area contributed by atoms with Crippen molar-refractivity contribution in [2.45, 2.75) is 84.2 Å². The SMILES string of the molecule is CCCC(C)(C)NC1CCCC(CC)C1. The van der Waals surface area contributed by atoms with E-state index in [1.807, 2.05) is 0 Å². The molecular formula is C14H29N. The highest BCUT2D eigenvalue weighted by molar-refractivity contribution is 4.85. The van der Waals surface area contributed by atoms with E-state index in [2.05, 4.69) is 33.0 Å². The molecule has 0 radical (unpaired) electrons. The van der Waals surface area contributed by atoms with E-state index in [0.29, 0.717) is 5.54 Å². The molecule has 1 nitrogen and oxygen atoms in total. The maximum absolute atomic E-state index is 3.86. The van der Waals surface area contributed by atoms with Gasteiger partial charge in [-0.3, -0.25) is 0 Å². The first kappa shape index (κ1) is 13.0. The second-order valence-corrected chi connectivity index (χ2v) is 5.92. The van der Waals surface area contributed by atoms with Gasteiger partial charge in [0.05, 0.1) is 0 Å². The van der Waals surface area contributed by atoms with Crippen LogP contribution >= 0.6 is 0 Å². The summed E-state index contributed by atoms with van der Waals surface area (Å²) in [7, 11) is 0. The number of hydrogen-bond donors (Lipinski definition) is 1. The molecule has 2 unspecified atom stereocenters. The topological polar surface area (TPSA) is 12.0 Å². The van der Waals surface area contributed by atoms with Gasteiger partial charge in [0, 0.05) is 11.6 Å². The molecule has 0 heterocycles. The summed E-state index contributed by atoms with van der Waals surface area (Å²) in [4.78, 5) is 0. The first-order valence-electron chi connectivity index (χ1n) is 6.85. The Labute approximate surface area is 96.0 Å². The Morgan fingerprint density at radius 1 is 1.20 bits per heavy atom. The van der Waals surface area contributed by atoms with Gasteiger partial charge in [0.2, 0.25) is 0 Å². The number of hydrogen-bond acceptors (Lipinski definition) is 1.